The minimum absolute atomic E-state index is 0.591. The molecule has 1 aliphatic rings. The number of aryl methyl sites for hydroxylation is 2. The Labute approximate surface area is 172 Å². The standard InChI is InChI=1S/C23H28N6/c1-16-7-9-19(10-8-16)27-22-21(24)23(26-15-25-22)29-13-11-28(12-14-29)20-6-4-5-17(2)18(20)3/h4-10,15H,11-14,24H2,1-3H3,(H,25,26,27). The number of nitrogens with one attached hydrogen (secondary N) is 1. The number of piperazine rings is 1. The number of rotatable bonds is 4. The van der Waals surface area contributed by atoms with Gasteiger partial charge < -0.3 is 20.9 Å². The van der Waals surface area contributed by atoms with Crippen LogP contribution in [0.1, 0.15) is 16.7 Å². The van der Waals surface area contributed by atoms with E-state index in [4.69, 9.17) is 5.73 Å². The molecule has 0 bridgehead atoms. The number of nitrogens with two attached hydrogens (primary N) is 1. The minimum atomic E-state index is 0.591. The molecule has 6 nitrogen and oxygen atoms in total. The molecule has 29 heavy (non-hydrogen) atoms. The monoisotopic (exact) mass is 388 g/mol. The number of anilines is 5. The second kappa shape index (κ2) is 7.99. The van der Waals surface area contributed by atoms with E-state index in [-0.39, 0.29) is 0 Å². The summed E-state index contributed by atoms with van der Waals surface area (Å²) >= 11 is 0. The number of hydrogen-bond acceptors (Lipinski definition) is 6. The molecular formula is C23H28N6. The molecule has 1 aromatic heterocycles. The van der Waals surface area contributed by atoms with Crippen LogP contribution in [-0.4, -0.2) is 36.1 Å². The second-order valence-electron chi connectivity index (χ2n) is 7.64. The lowest BCUT2D eigenvalue weighted by molar-refractivity contribution is 0.646. The van der Waals surface area contributed by atoms with Gasteiger partial charge in [0.25, 0.3) is 0 Å². The van der Waals surface area contributed by atoms with Gasteiger partial charge in [0.05, 0.1) is 0 Å². The maximum atomic E-state index is 6.44. The van der Waals surface area contributed by atoms with Crippen LogP contribution in [0.2, 0.25) is 0 Å². The van der Waals surface area contributed by atoms with Gasteiger partial charge in [0.2, 0.25) is 0 Å². The van der Waals surface area contributed by atoms with Gasteiger partial charge in [0.15, 0.2) is 11.6 Å². The summed E-state index contributed by atoms with van der Waals surface area (Å²) in [7, 11) is 0. The predicted molar refractivity (Wildman–Crippen MR) is 121 cm³/mol. The third-order valence-corrected chi connectivity index (χ3v) is 5.67. The molecule has 1 fully saturated rings. The highest BCUT2D eigenvalue weighted by atomic mass is 15.3. The molecule has 3 aromatic rings. The Hall–Kier alpha value is -3.28. The fourth-order valence-electron chi connectivity index (χ4n) is 3.75. The number of aromatic nitrogens is 2. The maximum absolute atomic E-state index is 6.44. The average Bonchev–Trinajstić information content (AvgIpc) is 2.73. The zero-order chi connectivity index (χ0) is 20.4. The van der Waals surface area contributed by atoms with E-state index < -0.39 is 0 Å². The fraction of sp³-hybridized carbons (Fsp3) is 0.304. The van der Waals surface area contributed by atoms with Crippen LogP contribution < -0.4 is 20.9 Å². The molecule has 0 radical (unpaired) electrons. The summed E-state index contributed by atoms with van der Waals surface area (Å²) in [5.74, 6) is 1.45. The summed E-state index contributed by atoms with van der Waals surface area (Å²) in [5.41, 5.74) is 13.2. The van der Waals surface area contributed by atoms with Crippen LogP contribution in [0, 0.1) is 20.8 Å². The summed E-state index contributed by atoms with van der Waals surface area (Å²) < 4.78 is 0. The topological polar surface area (TPSA) is 70.3 Å². The number of nitrogens with zero attached hydrogens (tertiary/aromatic N) is 4. The molecule has 2 aromatic carbocycles. The summed E-state index contributed by atoms with van der Waals surface area (Å²) in [6, 6.07) is 14.7. The Balaban J connectivity index is 1.48. The van der Waals surface area contributed by atoms with Gasteiger partial charge in [-0.1, -0.05) is 29.8 Å². The Kier molecular flexibility index (Phi) is 5.25. The fourth-order valence-corrected chi connectivity index (χ4v) is 3.75. The highest BCUT2D eigenvalue weighted by Crippen LogP contribution is 2.30. The molecule has 0 saturated carbocycles. The predicted octanol–water partition coefficient (Wildman–Crippen LogP) is 4.05. The van der Waals surface area contributed by atoms with Crippen LogP contribution in [-0.2, 0) is 0 Å². The number of benzene rings is 2. The zero-order valence-corrected chi connectivity index (χ0v) is 17.3. The molecule has 1 aliphatic heterocycles. The quantitative estimate of drug-likeness (QED) is 0.703. The molecule has 0 atom stereocenters. The van der Waals surface area contributed by atoms with Gasteiger partial charge in [-0.2, -0.15) is 0 Å². The van der Waals surface area contributed by atoms with Crippen LogP contribution in [0.3, 0.4) is 0 Å². The van der Waals surface area contributed by atoms with Gasteiger partial charge in [-0.15, -0.1) is 0 Å². The van der Waals surface area contributed by atoms with E-state index in [0.29, 0.717) is 11.5 Å². The van der Waals surface area contributed by atoms with Gasteiger partial charge >= 0.3 is 0 Å². The molecule has 2 heterocycles. The lowest BCUT2D eigenvalue weighted by Gasteiger charge is -2.38. The van der Waals surface area contributed by atoms with Crippen molar-refractivity contribution in [1.82, 2.24) is 9.97 Å². The lowest BCUT2D eigenvalue weighted by Crippen LogP contribution is -2.47. The van der Waals surface area contributed by atoms with E-state index in [0.717, 1.165) is 37.7 Å². The summed E-state index contributed by atoms with van der Waals surface area (Å²) in [5, 5.41) is 3.31. The van der Waals surface area contributed by atoms with E-state index in [2.05, 4.69) is 76.2 Å². The first-order valence-electron chi connectivity index (χ1n) is 10.0. The molecule has 0 amide bonds. The van der Waals surface area contributed by atoms with E-state index >= 15 is 0 Å². The van der Waals surface area contributed by atoms with Crippen LogP contribution in [0.15, 0.2) is 48.8 Å². The van der Waals surface area contributed by atoms with Crippen molar-refractivity contribution >= 4 is 28.7 Å². The molecule has 150 valence electrons. The molecule has 6 heteroatoms. The van der Waals surface area contributed by atoms with Crippen molar-refractivity contribution in [1.29, 1.82) is 0 Å². The van der Waals surface area contributed by atoms with Gasteiger partial charge in [0, 0.05) is 37.6 Å². The number of hydrogen-bond donors (Lipinski definition) is 2. The van der Waals surface area contributed by atoms with Crippen molar-refractivity contribution in [3.63, 3.8) is 0 Å². The van der Waals surface area contributed by atoms with Crippen molar-refractivity contribution in [2.24, 2.45) is 0 Å². The largest absolute Gasteiger partial charge is 0.393 e. The van der Waals surface area contributed by atoms with Crippen LogP contribution in [0.25, 0.3) is 0 Å². The molecular weight excluding hydrogens is 360 g/mol. The van der Waals surface area contributed by atoms with Crippen molar-refractivity contribution in [2.75, 3.05) is 47.0 Å². The van der Waals surface area contributed by atoms with E-state index in [9.17, 15) is 0 Å². The molecule has 3 N–H and O–H groups in total. The first kappa shape index (κ1) is 19.1. The Morgan fingerprint density at radius 1 is 0.862 bits per heavy atom. The average molecular weight is 389 g/mol. The van der Waals surface area contributed by atoms with Gasteiger partial charge in [-0.05, 0) is 50.1 Å². The van der Waals surface area contributed by atoms with E-state index in [1.807, 2.05) is 12.1 Å². The molecule has 0 spiro atoms. The third kappa shape index (κ3) is 3.97. The van der Waals surface area contributed by atoms with E-state index in [1.54, 1.807) is 6.33 Å². The summed E-state index contributed by atoms with van der Waals surface area (Å²) in [4.78, 5) is 13.5. The van der Waals surface area contributed by atoms with Crippen molar-refractivity contribution < 1.29 is 0 Å². The van der Waals surface area contributed by atoms with Crippen molar-refractivity contribution in [3.05, 3.63) is 65.5 Å². The summed E-state index contributed by atoms with van der Waals surface area (Å²) in [6.45, 7) is 10.1. The van der Waals surface area contributed by atoms with Crippen LogP contribution in [0.5, 0.6) is 0 Å². The number of nitrogen functional groups attached to an aromatic ring is 1. The van der Waals surface area contributed by atoms with E-state index in [1.165, 1.54) is 22.4 Å². The first-order valence-corrected chi connectivity index (χ1v) is 10.0. The lowest BCUT2D eigenvalue weighted by atomic mass is 10.1. The first-order chi connectivity index (χ1) is 14.0. The van der Waals surface area contributed by atoms with Crippen molar-refractivity contribution in [2.45, 2.75) is 20.8 Å². The Morgan fingerprint density at radius 2 is 1.55 bits per heavy atom. The molecule has 0 aliphatic carbocycles. The van der Waals surface area contributed by atoms with Gasteiger partial charge in [-0.25, -0.2) is 9.97 Å². The zero-order valence-electron chi connectivity index (χ0n) is 17.3. The second-order valence-corrected chi connectivity index (χ2v) is 7.64. The molecule has 1 saturated heterocycles. The smallest absolute Gasteiger partial charge is 0.159 e. The van der Waals surface area contributed by atoms with Crippen molar-refractivity contribution in [3.8, 4) is 0 Å². The Morgan fingerprint density at radius 3 is 2.28 bits per heavy atom. The van der Waals surface area contributed by atoms with Crippen LogP contribution >= 0.6 is 0 Å². The normalized spacial score (nSPS) is 14.2. The van der Waals surface area contributed by atoms with Crippen LogP contribution in [0.4, 0.5) is 28.7 Å². The SMILES string of the molecule is Cc1ccc(Nc2ncnc(N3CCN(c4cccc(C)c4C)CC3)c2N)cc1. The highest BCUT2D eigenvalue weighted by molar-refractivity contribution is 5.78. The third-order valence-electron chi connectivity index (χ3n) is 5.67. The van der Waals surface area contributed by atoms with Gasteiger partial charge in [-0.3, -0.25) is 0 Å². The molecule has 4 rings (SSSR count). The Bertz CT molecular complexity index is 991. The maximum Gasteiger partial charge on any atom is 0.159 e. The summed E-state index contributed by atoms with van der Waals surface area (Å²) in [6.07, 6.45) is 1.58. The van der Waals surface area contributed by atoms with Gasteiger partial charge in [0.1, 0.15) is 12.0 Å². The highest BCUT2D eigenvalue weighted by Gasteiger charge is 2.22. The minimum Gasteiger partial charge on any atom is -0.393 e. The molecule has 0 unspecified atom stereocenters.